The molecular weight excluding hydrogens is 109 g/mol. The zero-order chi connectivity index (χ0) is 5.15. The van der Waals surface area contributed by atoms with E-state index in [1.165, 1.54) is 0 Å². The Morgan fingerprint density at radius 1 is 1.50 bits per heavy atom. The second-order valence-corrected chi connectivity index (χ2v) is 0.997. The molecule has 6 heavy (non-hydrogen) atoms. The van der Waals surface area contributed by atoms with Crippen molar-refractivity contribution in [2.24, 2.45) is 0 Å². The molecule has 0 aliphatic carbocycles. The van der Waals surface area contributed by atoms with E-state index < -0.39 is 11.1 Å². The summed E-state index contributed by atoms with van der Waals surface area (Å²) in [7, 11) is 0. The topological polar surface area (TPSA) is 0 Å². The molecule has 0 N–H and O–H groups in total. The Kier molecular flexibility index (Phi) is 2.09. The second kappa shape index (κ2) is 2.13. The molecule has 0 amide bonds. The Labute approximate surface area is 39.4 Å². The summed E-state index contributed by atoms with van der Waals surface area (Å²) in [6.45, 7) is 2.54. The lowest BCUT2D eigenvalue weighted by Crippen LogP contribution is -1.58. The molecule has 35 valence electrons. The van der Waals surface area contributed by atoms with Crippen LogP contribution in [0.1, 0.15) is 0 Å². The summed E-state index contributed by atoms with van der Waals surface area (Å²) in [6.07, 6.45) is 0. The molecule has 3 heteroatoms. The molecule has 0 aromatic heterocycles. The molecule has 0 rings (SSSR count). The van der Waals surface area contributed by atoms with Gasteiger partial charge in [-0.3, -0.25) is 0 Å². The number of halogens is 3. The third-order valence-corrected chi connectivity index (χ3v) is 0.410. The highest BCUT2D eigenvalue weighted by Gasteiger charge is 1.90. The van der Waals surface area contributed by atoms with Crippen LogP contribution >= 0.6 is 11.6 Å². The minimum Gasteiger partial charge on any atom is -0.208 e. The quantitative estimate of drug-likeness (QED) is 0.449. The van der Waals surface area contributed by atoms with Gasteiger partial charge in [-0.15, -0.1) is 0 Å². The number of hydrogen-bond acceptors (Lipinski definition) is 0. The van der Waals surface area contributed by atoms with Gasteiger partial charge in [0.05, 0.1) is 0 Å². The van der Waals surface area contributed by atoms with Gasteiger partial charge in [-0.1, -0.05) is 0 Å². The molecule has 1 radical (unpaired) electrons. The van der Waals surface area contributed by atoms with Crippen molar-refractivity contribution in [1.82, 2.24) is 0 Å². The average Bonchev–Trinajstić information content (AvgIpc) is 1.36. The van der Waals surface area contributed by atoms with Crippen LogP contribution in [0.15, 0.2) is 11.1 Å². The minimum absolute atomic E-state index is 1.23. The fraction of sp³-hybridized carbons (Fsp3) is 0. The average molecular weight is 111 g/mol. The van der Waals surface area contributed by atoms with E-state index in [0.29, 0.717) is 0 Å². The standard InChI is InChI=1S/C3H2ClF2/c1-2(5)3(4)6/h1H2/b3-2-. The smallest absolute Gasteiger partial charge is 0.208 e. The predicted octanol–water partition coefficient (Wildman–Crippen LogP) is 2.17. The Morgan fingerprint density at radius 2 is 1.67 bits per heavy atom. The first-order valence-corrected chi connectivity index (χ1v) is 1.55. The molecule has 0 nitrogen and oxygen atoms in total. The molecule has 0 bridgehead atoms. The third-order valence-electron chi connectivity index (χ3n) is 0.205. The van der Waals surface area contributed by atoms with Crippen LogP contribution in [0.2, 0.25) is 0 Å². The van der Waals surface area contributed by atoms with E-state index in [1.54, 1.807) is 0 Å². The van der Waals surface area contributed by atoms with Gasteiger partial charge in [0.25, 0.3) is 0 Å². The van der Waals surface area contributed by atoms with Crippen molar-refractivity contribution in [3.05, 3.63) is 18.0 Å². The van der Waals surface area contributed by atoms with Gasteiger partial charge in [0.15, 0.2) is 0 Å². The highest BCUT2D eigenvalue weighted by atomic mass is 35.5. The lowest BCUT2D eigenvalue weighted by atomic mass is 10.7. The highest BCUT2D eigenvalue weighted by molar-refractivity contribution is 6.28. The molecule has 0 unspecified atom stereocenters. The van der Waals surface area contributed by atoms with E-state index in [0.717, 1.165) is 0 Å². The molecule has 0 heterocycles. The van der Waals surface area contributed by atoms with Crippen molar-refractivity contribution in [3.8, 4) is 0 Å². The van der Waals surface area contributed by atoms with E-state index in [9.17, 15) is 8.78 Å². The van der Waals surface area contributed by atoms with Crippen molar-refractivity contribution < 1.29 is 8.78 Å². The number of rotatable bonds is 0. The molecule has 0 aromatic carbocycles. The summed E-state index contributed by atoms with van der Waals surface area (Å²) in [5.74, 6) is -1.23. The van der Waals surface area contributed by atoms with E-state index in [2.05, 4.69) is 18.5 Å². The van der Waals surface area contributed by atoms with E-state index in [-0.39, 0.29) is 0 Å². The van der Waals surface area contributed by atoms with Gasteiger partial charge in [0, 0.05) is 6.92 Å². The second-order valence-electron chi connectivity index (χ2n) is 0.665. The van der Waals surface area contributed by atoms with Crippen LogP contribution in [0.5, 0.6) is 0 Å². The van der Waals surface area contributed by atoms with Gasteiger partial charge in [0.1, 0.15) is 5.83 Å². The van der Waals surface area contributed by atoms with Crippen molar-refractivity contribution in [2.45, 2.75) is 0 Å². The molecule has 0 atom stereocenters. The maximum absolute atomic E-state index is 11.1. The lowest BCUT2D eigenvalue weighted by Gasteiger charge is -1.75. The van der Waals surface area contributed by atoms with E-state index >= 15 is 0 Å². The molecule has 0 saturated carbocycles. The van der Waals surface area contributed by atoms with E-state index in [4.69, 9.17) is 0 Å². The first-order valence-electron chi connectivity index (χ1n) is 1.17. The van der Waals surface area contributed by atoms with Crippen LogP contribution in [-0.2, 0) is 0 Å². The van der Waals surface area contributed by atoms with Crippen LogP contribution in [0.4, 0.5) is 8.78 Å². The van der Waals surface area contributed by atoms with Crippen LogP contribution < -0.4 is 0 Å². The van der Waals surface area contributed by atoms with Crippen LogP contribution in [0.25, 0.3) is 0 Å². The fourth-order valence-corrected chi connectivity index (χ4v) is 0. The summed E-state index contributed by atoms with van der Waals surface area (Å²) in [5, 5.41) is -1.38. The summed E-state index contributed by atoms with van der Waals surface area (Å²) in [6, 6.07) is 0. The summed E-state index contributed by atoms with van der Waals surface area (Å²) in [5.41, 5.74) is 0. The molecule has 0 fully saturated rings. The Balaban J connectivity index is 3.68. The summed E-state index contributed by atoms with van der Waals surface area (Å²) >= 11 is 4.39. The number of hydrogen-bond donors (Lipinski definition) is 0. The van der Waals surface area contributed by atoms with E-state index in [1.807, 2.05) is 0 Å². The van der Waals surface area contributed by atoms with Crippen molar-refractivity contribution >= 4 is 11.6 Å². The largest absolute Gasteiger partial charge is 0.220 e. The summed E-state index contributed by atoms with van der Waals surface area (Å²) in [4.78, 5) is 0. The third kappa shape index (κ3) is 2.15. The lowest BCUT2D eigenvalue weighted by molar-refractivity contribution is 0.589. The van der Waals surface area contributed by atoms with Gasteiger partial charge < -0.3 is 0 Å². The molecule has 0 aromatic rings. The fourth-order valence-electron chi connectivity index (χ4n) is 0. The minimum atomic E-state index is -1.38. The molecule has 0 aliphatic rings. The molecule has 0 spiro atoms. The zero-order valence-corrected chi connectivity index (χ0v) is 3.60. The molecule has 0 saturated heterocycles. The molecular formula is C3H2ClF2. The highest BCUT2D eigenvalue weighted by Crippen LogP contribution is 2.08. The Bertz CT molecular complexity index is 58.9. The first-order chi connectivity index (χ1) is 2.64. The van der Waals surface area contributed by atoms with Crippen LogP contribution in [-0.4, -0.2) is 0 Å². The van der Waals surface area contributed by atoms with Crippen LogP contribution in [0.3, 0.4) is 0 Å². The molecule has 0 aliphatic heterocycles. The normalized spacial score (nSPS) is 14.0. The first kappa shape index (κ1) is 5.89. The summed E-state index contributed by atoms with van der Waals surface area (Å²) < 4.78 is 22.1. The van der Waals surface area contributed by atoms with Crippen molar-refractivity contribution in [1.29, 1.82) is 0 Å². The van der Waals surface area contributed by atoms with Gasteiger partial charge in [0.2, 0.25) is 5.29 Å². The Hall–Kier alpha value is -0.110. The van der Waals surface area contributed by atoms with Crippen molar-refractivity contribution in [2.75, 3.05) is 0 Å². The SMILES string of the molecule is [CH2]/C(F)=C(/F)Cl. The predicted molar refractivity (Wildman–Crippen MR) is 20.5 cm³/mol. The zero-order valence-electron chi connectivity index (χ0n) is 2.84. The maximum Gasteiger partial charge on any atom is 0.220 e. The van der Waals surface area contributed by atoms with Gasteiger partial charge in [-0.25, -0.2) is 4.39 Å². The maximum atomic E-state index is 11.1. The van der Waals surface area contributed by atoms with Crippen molar-refractivity contribution in [3.63, 3.8) is 0 Å². The number of allylic oxidation sites excluding steroid dienone is 1. The van der Waals surface area contributed by atoms with Crippen LogP contribution in [0, 0.1) is 6.92 Å². The Morgan fingerprint density at radius 3 is 1.67 bits per heavy atom. The van der Waals surface area contributed by atoms with Gasteiger partial charge in [-0.2, -0.15) is 4.39 Å². The van der Waals surface area contributed by atoms with Gasteiger partial charge in [-0.05, 0) is 11.6 Å². The van der Waals surface area contributed by atoms with Gasteiger partial charge >= 0.3 is 0 Å². The monoisotopic (exact) mass is 111 g/mol.